The number of benzene rings is 2. The minimum atomic E-state index is -0.104. The number of hydrogen-bond donors (Lipinski definition) is 1. The summed E-state index contributed by atoms with van der Waals surface area (Å²) in [6.45, 7) is 13.7. The average molecular weight is 408 g/mol. The Morgan fingerprint density at radius 2 is 1.77 bits per heavy atom. The zero-order valence-electron chi connectivity index (χ0n) is 19.2. The molecule has 2 aromatic carbocycles. The zero-order chi connectivity index (χ0) is 21.9. The third-order valence-corrected chi connectivity index (χ3v) is 6.53. The minimum absolute atomic E-state index is 0.104. The van der Waals surface area contributed by atoms with E-state index in [1.54, 1.807) is 7.11 Å². The summed E-state index contributed by atoms with van der Waals surface area (Å²) in [7, 11) is 1.72. The SMILES string of the molecule is CCN(CC)c1ccc(/C=C/C2=[N+](CC)c3ccc(OC)cc3C2(C)CC)c(O)c1. The van der Waals surface area contributed by atoms with E-state index in [1.807, 2.05) is 24.3 Å². The van der Waals surface area contributed by atoms with Crippen LogP contribution in [0.1, 0.15) is 52.2 Å². The highest BCUT2D eigenvalue weighted by Crippen LogP contribution is 2.44. The standard InChI is InChI=1S/C26H34N2O2/c1-7-26(5)22-18-21(30-6)14-15-23(22)28(10-4)25(26)16-12-19-11-13-20(17-24(19)29)27(8-2)9-3/h11-18H,7-10H2,1-6H3/p+1. The molecule has 4 heteroatoms. The molecule has 1 heterocycles. The number of phenols is 1. The summed E-state index contributed by atoms with van der Waals surface area (Å²) in [6.07, 6.45) is 5.19. The van der Waals surface area contributed by atoms with Crippen LogP contribution in [0.3, 0.4) is 0 Å². The van der Waals surface area contributed by atoms with Gasteiger partial charge < -0.3 is 14.7 Å². The summed E-state index contributed by atoms with van der Waals surface area (Å²) >= 11 is 0. The van der Waals surface area contributed by atoms with Crippen molar-refractivity contribution in [2.24, 2.45) is 0 Å². The fraction of sp³-hybridized carbons (Fsp3) is 0.423. The Morgan fingerprint density at radius 1 is 1.03 bits per heavy atom. The van der Waals surface area contributed by atoms with Gasteiger partial charge in [-0.3, -0.25) is 0 Å². The maximum atomic E-state index is 10.6. The molecule has 0 bridgehead atoms. The van der Waals surface area contributed by atoms with Gasteiger partial charge in [0.25, 0.3) is 0 Å². The third-order valence-electron chi connectivity index (χ3n) is 6.53. The number of methoxy groups -OCH3 is 1. The molecule has 1 aliphatic rings. The number of phenolic OH excluding ortho intramolecular Hbond substituents is 1. The molecule has 0 saturated heterocycles. The van der Waals surface area contributed by atoms with E-state index in [0.717, 1.165) is 43.1 Å². The molecule has 1 unspecified atom stereocenters. The molecular formula is C26H35N2O2+. The van der Waals surface area contributed by atoms with Crippen molar-refractivity contribution in [1.29, 1.82) is 0 Å². The number of allylic oxidation sites excluding steroid dienone is 1. The highest BCUT2D eigenvalue weighted by atomic mass is 16.5. The van der Waals surface area contributed by atoms with E-state index in [0.29, 0.717) is 5.75 Å². The lowest BCUT2D eigenvalue weighted by molar-refractivity contribution is -0.433. The molecular weight excluding hydrogens is 372 g/mol. The van der Waals surface area contributed by atoms with Crippen LogP contribution in [0.2, 0.25) is 0 Å². The monoisotopic (exact) mass is 407 g/mol. The van der Waals surface area contributed by atoms with Crippen LogP contribution in [0.5, 0.6) is 11.5 Å². The summed E-state index contributed by atoms with van der Waals surface area (Å²) in [6, 6.07) is 12.3. The first-order chi connectivity index (χ1) is 14.4. The molecule has 0 radical (unpaired) electrons. The van der Waals surface area contributed by atoms with Crippen LogP contribution in [-0.4, -0.2) is 42.1 Å². The van der Waals surface area contributed by atoms with Crippen LogP contribution in [-0.2, 0) is 5.41 Å². The van der Waals surface area contributed by atoms with Crippen molar-refractivity contribution in [2.75, 3.05) is 31.6 Å². The number of fused-ring (bicyclic) bond motifs is 1. The Kier molecular flexibility index (Phi) is 6.55. The quantitative estimate of drug-likeness (QED) is 0.566. The van der Waals surface area contributed by atoms with Gasteiger partial charge in [0.05, 0.1) is 12.5 Å². The fourth-order valence-electron chi connectivity index (χ4n) is 4.50. The van der Waals surface area contributed by atoms with E-state index in [4.69, 9.17) is 4.74 Å². The molecule has 0 saturated carbocycles. The Labute approximate surface area is 181 Å². The number of ether oxygens (including phenoxy) is 1. The van der Waals surface area contributed by atoms with Crippen LogP contribution in [0.25, 0.3) is 6.08 Å². The van der Waals surface area contributed by atoms with E-state index in [2.05, 4.69) is 68.4 Å². The van der Waals surface area contributed by atoms with Crippen LogP contribution >= 0.6 is 0 Å². The maximum absolute atomic E-state index is 10.6. The molecule has 4 nitrogen and oxygen atoms in total. The molecule has 0 spiro atoms. The first-order valence-corrected chi connectivity index (χ1v) is 11.0. The van der Waals surface area contributed by atoms with Gasteiger partial charge in [0.1, 0.15) is 18.0 Å². The predicted octanol–water partition coefficient (Wildman–Crippen LogP) is 5.75. The first kappa shape index (κ1) is 21.9. The number of aromatic hydroxyl groups is 1. The van der Waals surface area contributed by atoms with E-state index in [1.165, 1.54) is 17.0 Å². The average Bonchev–Trinajstić information content (AvgIpc) is 3.01. The lowest BCUT2D eigenvalue weighted by atomic mass is 9.77. The second-order valence-corrected chi connectivity index (χ2v) is 7.95. The number of rotatable bonds is 8. The van der Waals surface area contributed by atoms with Crippen LogP contribution < -0.4 is 9.64 Å². The van der Waals surface area contributed by atoms with Crippen LogP contribution in [0, 0.1) is 0 Å². The van der Waals surface area contributed by atoms with E-state index < -0.39 is 0 Å². The molecule has 1 N–H and O–H groups in total. The van der Waals surface area contributed by atoms with Crippen molar-refractivity contribution < 1.29 is 14.4 Å². The smallest absolute Gasteiger partial charge is 0.210 e. The largest absolute Gasteiger partial charge is 0.507 e. The summed E-state index contributed by atoms with van der Waals surface area (Å²) < 4.78 is 7.86. The summed E-state index contributed by atoms with van der Waals surface area (Å²) in [5, 5.41) is 10.6. The molecule has 0 amide bonds. The lowest BCUT2D eigenvalue weighted by Gasteiger charge is -2.21. The molecule has 0 aromatic heterocycles. The summed E-state index contributed by atoms with van der Waals surface area (Å²) in [4.78, 5) is 2.23. The van der Waals surface area contributed by atoms with Crippen molar-refractivity contribution in [3.8, 4) is 11.5 Å². The second kappa shape index (κ2) is 8.95. The lowest BCUT2D eigenvalue weighted by Crippen LogP contribution is -2.30. The van der Waals surface area contributed by atoms with Gasteiger partial charge in [-0.15, -0.1) is 0 Å². The van der Waals surface area contributed by atoms with Crippen molar-refractivity contribution in [3.05, 3.63) is 53.6 Å². The first-order valence-electron chi connectivity index (χ1n) is 11.0. The molecule has 30 heavy (non-hydrogen) atoms. The Morgan fingerprint density at radius 3 is 2.33 bits per heavy atom. The van der Waals surface area contributed by atoms with Crippen molar-refractivity contribution in [2.45, 2.75) is 46.5 Å². The van der Waals surface area contributed by atoms with Crippen LogP contribution in [0.15, 0.2) is 42.5 Å². The highest BCUT2D eigenvalue weighted by Gasteiger charge is 2.46. The Hall–Kier alpha value is -2.75. The van der Waals surface area contributed by atoms with Crippen molar-refractivity contribution >= 4 is 23.2 Å². The van der Waals surface area contributed by atoms with Crippen LogP contribution in [0.4, 0.5) is 11.4 Å². The third kappa shape index (κ3) is 3.71. The van der Waals surface area contributed by atoms with E-state index in [9.17, 15) is 5.11 Å². The van der Waals surface area contributed by atoms with Gasteiger partial charge in [-0.05, 0) is 64.5 Å². The number of hydrogen-bond acceptors (Lipinski definition) is 3. The highest BCUT2D eigenvalue weighted by molar-refractivity contribution is 6.05. The minimum Gasteiger partial charge on any atom is -0.507 e. The maximum Gasteiger partial charge on any atom is 0.210 e. The molecule has 0 aliphatic carbocycles. The molecule has 160 valence electrons. The topological polar surface area (TPSA) is 35.7 Å². The number of nitrogens with zero attached hydrogens (tertiary/aromatic N) is 2. The van der Waals surface area contributed by atoms with E-state index in [-0.39, 0.29) is 5.41 Å². The summed E-state index contributed by atoms with van der Waals surface area (Å²) in [5.41, 5.74) is 5.57. The summed E-state index contributed by atoms with van der Waals surface area (Å²) in [5.74, 6) is 1.20. The Balaban J connectivity index is 2.01. The van der Waals surface area contributed by atoms with Gasteiger partial charge in [-0.25, -0.2) is 0 Å². The Bertz CT molecular complexity index is 973. The predicted molar refractivity (Wildman–Crippen MR) is 127 cm³/mol. The van der Waals surface area contributed by atoms with Gasteiger partial charge >= 0.3 is 0 Å². The van der Waals surface area contributed by atoms with Gasteiger partial charge in [0.15, 0.2) is 5.71 Å². The van der Waals surface area contributed by atoms with Crippen molar-refractivity contribution in [1.82, 2.24) is 0 Å². The normalized spacial score (nSPS) is 18.2. The second-order valence-electron chi connectivity index (χ2n) is 7.95. The molecule has 3 rings (SSSR count). The molecule has 2 aromatic rings. The van der Waals surface area contributed by atoms with Gasteiger partial charge in [0, 0.05) is 48.1 Å². The molecule has 0 fully saturated rings. The van der Waals surface area contributed by atoms with Gasteiger partial charge in [-0.2, -0.15) is 4.58 Å². The van der Waals surface area contributed by atoms with Crippen molar-refractivity contribution in [3.63, 3.8) is 0 Å². The fourth-order valence-corrected chi connectivity index (χ4v) is 4.50. The van der Waals surface area contributed by atoms with Gasteiger partial charge in [-0.1, -0.05) is 6.92 Å². The zero-order valence-corrected chi connectivity index (χ0v) is 19.2. The van der Waals surface area contributed by atoms with Gasteiger partial charge in [0.2, 0.25) is 5.69 Å². The van der Waals surface area contributed by atoms with E-state index >= 15 is 0 Å². The molecule has 1 aliphatic heterocycles. The number of anilines is 1. The molecule has 1 atom stereocenters.